The Morgan fingerprint density at radius 2 is 1.95 bits per heavy atom. The molecule has 4 N–H and O–H groups in total. The average molecular weight is 527 g/mol. The van der Waals surface area contributed by atoms with Gasteiger partial charge in [0.1, 0.15) is 17.2 Å². The van der Waals surface area contributed by atoms with Gasteiger partial charge in [-0.3, -0.25) is 0 Å². The molecule has 8 nitrogen and oxygen atoms in total. The molecule has 198 valence electrons. The van der Waals surface area contributed by atoms with E-state index in [1.165, 1.54) is 0 Å². The molecule has 0 amide bonds. The number of cyclic esters (lactones) is 1. The molecule has 4 rings (SSSR count). The van der Waals surface area contributed by atoms with Crippen LogP contribution in [-0.2, 0) is 21.6 Å². The molecule has 0 radical (unpaired) electrons. The predicted octanol–water partition coefficient (Wildman–Crippen LogP) is 5.37. The largest absolute Gasteiger partial charge is 0.512 e. The number of aromatic nitrogens is 2. The Kier molecular flexibility index (Phi) is 7.90. The molecule has 0 saturated heterocycles. The van der Waals surface area contributed by atoms with Gasteiger partial charge in [0.05, 0.1) is 11.2 Å². The van der Waals surface area contributed by atoms with E-state index >= 15 is 0 Å². The summed E-state index contributed by atoms with van der Waals surface area (Å²) in [6.07, 6.45) is 8.67. The number of nitrogens with zero attached hydrogens (tertiary/aromatic N) is 3. The number of aliphatic hydroxyl groups excluding tert-OH is 1. The molecule has 37 heavy (non-hydrogen) atoms. The number of halogens is 1. The fourth-order valence-corrected chi connectivity index (χ4v) is 5.78. The van der Waals surface area contributed by atoms with E-state index < -0.39 is 17.2 Å². The minimum atomic E-state index is -1.04. The van der Waals surface area contributed by atoms with Crippen molar-refractivity contribution in [2.24, 2.45) is 16.6 Å². The lowest BCUT2D eigenvalue weighted by Crippen LogP contribution is -2.46. The highest BCUT2D eigenvalue weighted by atomic mass is 35.5. The first-order valence-corrected chi connectivity index (χ1v) is 13.1. The third-order valence-corrected chi connectivity index (χ3v) is 7.67. The maximum Gasteiger partial charge on any atom is 0.338 e. The van der Waals surface area contributed by atoms with Crippen molar-refractivity contribution in [1.82, 2.24) is 9.97 Å². The molecule has 1 fully saturated rings. The molecular formula is C28H35ClN4O4. The highest BCUT2D eigenvalue weighted by molar-refractivity contribution is 6.31. The molecule has 2 aromatic rings. The Bertz CT molecular complexity index is 1210. The van der Waals surface area contributed by atoms with Crippen molar-refractivity contribution in [2.45, 2.75) is 83.3 Å². The Labute approximate surface area is 222 Å². The molecule has 1 saturated carbocycles. The number of benzene rings is 1. The first-order valence-electron chi connectivity index (χ1n) is 12.7. The van der Waals surface area contributed by atoms with Crippen LogP contribution in [-0.4, -0.2) is 37.6 Å². The molecule has 2 aliphatic rings. The highest BCUT2D eigenvalue weighted by Gasteiger charge is 2.48. The van der Waals surface area contributed by atoms with E-state index in [0.29, 0.717) is 23.4 Å². The first kappa shape index (κ1) is 27.1. The molecule has 1 aliphatic carbocycles. The monoisotopic (exact) mass is 526 g/mol. The topological polar surface area (TPSA) is 131 Å². The zero-order valence-corrected chi connectivity index (χ0v) is 22.4. The van der Waals surface area contributed by atoms with Crippen molar-refractivity contribution in [3.8, 4) is 0 Å². The van der Waals surface area contributed by atoms with Crippen LogP contribution in [0, 0.1) is 12.8 Å². The number of hydrogen-bond donors (Lipinski definition) is 3. The third-order valence-electron chi connectivity index (χ3n) is 7.35. The van der Waals surface area contributed by atoms with Crippen LogP contribution in [0.3, 0.4) is 0 Å². The van der Waals surface area contributed by atoms with Crippen LogP contribution >= 0.6 is 11.6 Å². The van der Waals surface area contributed by atoms with Crippen molar-refractivity contribution in [2.75, 3.05) is 0 Å². The quantitative estimate of drug-likeness (QED) is 0.239. The summed E-state index contributed by atoms with van der Waals surface area (Å²) in [6, 6.07) is 5.63. The number of carbonyl (C=O) groups is 1. The van der Waals surface area contributed by atoms with Gasteiger partial charge in [0.25, 0.3) is 5.95 Å². The van der Waals surface area contributed by atoms with Crippen molar-refractivity contribution in [3.05, 3.63) is 63.6 Å². The summed E-state index contributed by atoms with van der Waals surface area (Å²) in [5, 5.41) is 21.9. The Morgan fingerprint density at radius 3 is 2.54 bits per heavy atom. The fraction of sp³-hybridized carbons (Fsp3) is 0.500. The normalized spacial score (nSPS) is 21.4. The SMILES string of the molecule is Cc1cnc(/N=C(\N)CC2=C(O)CC(CCc3ccc(C(C)(C)O)c(Cl)c3)(C3CCCC3)OC2=O)nc1. The molecule has 1 aromatic heterocycles. The zero-order chi connectivity index (χ0) is 26.8. The lowest BCUT2D eigenvalue weighted by atomic mass is 9.76. The second kappa shape index (κ2) is 10.8. The minimum absolute atomic E-state index is 0.00142. The van der Waals surface area contributed by atoms with Gasteiger partial charge in [-0.15, -0.1) is 0 Å². The second-order valence-electron chi connectivity index (χ2n) is 10.8. The fourth-order valence-electron chi connectivity index (χ4n) is 5.35. The molecule has 1 aliphatic heterocycles. The molecule has 1 aromatic carbocycles. The smallest absolute Gasteiger partial charge is 0.338 e. The number of amidine groups is 1. The number of aliphatic hydroxyl groups is 2. The van der Waals surface area contributed by atoms with Crippen LogP contribution in [0.4, 0.5) is 5.95 Å². The molecular weight excluding hydrogens is 492 g/mol. The lowest BCUT2D eigenvalue weighted by molar-refractivity contribution is -0.167. The first-order chi connectivity index (χ1) is 17.5. The Balaban J connectivity index is 1.54. The summed E-state index contributed by atoms with van der Waals surface area (Å²) in [5.41, 5.74) is 6.89. The van der Waals surface area contributed by atoms with E-state index in [2.05, 4.69) is 15.0 Å². The molecule has 1 atom stereocenters. The van der Waals surface area contributed by atoms with Crippen molar-refractivity contribution in [1.29, 1.82) is 0 Å². The highest BCUT2D eigenvalue weighted by Crippen LogP contribution is 2.46. The maximum atomic E-state index is 13.2. The van der Waals surface area contributed by atoms with Crippen molar-refractivity contribution in [3.63, 3.8) is 0 Å². The number of carbonyl (C=O) groups excluding carboxylic acids is 1. The summed E-state index contributed by atoms with van der Waals surface area (Å²) < 4.78 is 6.17. The minimum Gasteiger partial charge on any atom is -0.512 e. The van der Waals surface area contributed by atoms with E-state index in [-0.39, 0.29) is 41.9 Å². The van der Waals surface area contributed by atoms with Gasteiger partial charge in [0.2, 0.25) is 0 Å². The van der Waals surface area contributed by atoms with Crippen LogP contribution in [0.15, 0.2) is 46.9 Å². The van der Waals surface area contributed by atoms with Gasteiger partial charge in [-0.25, -0.2) is 14.8 Å². The number of esters is 1. The van der Waals surface area contributed by atoms with Crippen LogP contribution in [0.25, 0.3) is 0 Å². The standard InChI is InChI=1S/C28H35ClN4O4/c1-17-15-31-26(32-16-17)33-24(30)13-20-23(34)14-28(37-25(20)35,19-6-4-5-7-19)11-10-18-8-9-21(22(29)12-18)27(2,3)36/h8-9,12,15-16,19,34,36H,4-7,10-11,13-14H2,1-3H3,(H2,30,31,32,33). The summed E-state index contributed by atoms with van der Waals surface area (Å²) in [5.74, 6) is -0.0759. The molecule has 0 spiro atoms. The predicted molar refractivity (Wildman–Crippen MR) is 143 cm³/mol. The summed E-state index contributed by atoms with van der Waals surface area (Å²) in [6.45, 7) is 5.26. The molecule has 9 heteroatoms. The van der Waals surface area contributed by atoms with E-state index in [1.54, 1.807) is 26.2 Å². The maximum absolute atomic E-state index is 13.2. The van der Waals surface area contributed by atoms with Crippen LogP contribution in [0.1, 0.15) is 75.5 Å². The number of rotatable bonds is 8. The van der Waals surface area contributed by atoms with Crippen LogP contribution in [0.2, 0.25) is 5.02 Å². The Morgan fingerprint density at radius 1 is 1.27 bits per heavy atom. The van der Waals surface area contributed by atoms with E-state index in [1.807, 2.05) is 25.1 Å². The molecule has 1 unspecified atom stereocenters. The van der Waals surface area contributed by atoms with Gasteiger partial charge in [-0.1, -0.05) is 36.6 Å². The van der Waals surface area contributed by atoms with E-state index in [4.69, 9.17) is 22.1 Å². The lowest BCUT2D eigenvalue weighted by Gasteiger charge is -2.42. The van der Waals surface area contributed by atoms with E-state index in [9.17, 15) is 15.0 Å². The average Bonchev–Trinajstić information content (AvgIpc) is 3.37. The van der Waals surface area contributed by atoms with Gasteiger partial charge in [-0.2, -0.15) is 4.99 Å². The van der Waals surface area contributed by atoms with Crippen LogP contribution < -0.4 is 5.73 Å². The molecule has 0 bridgehead atoms. The van der Waals surface area contributed by atoms with Gasteiger partial charge < -0.3 is 20.7 Å². The van der Waals surface area contributed by atoms with Gasteiger partial charge in [0.15, 0.2) is 0 Å². The molecule has 2 heterocycles. The number of ether oxygens (including phenoxy) is 1. The van der Waals surface area contributed by atoms with Crippen LogP contribution in [0.5, 0.6) is 0 Å². The summed E-state index contributed by atoms with van der Waals surface area (Å²) >= 11 is 6.45. The number of hydrogen-bond acceptors (Lipinski definition) is 7. The summed E-state index contributed by atoms with van der Waals surface area (Å²) in [7, 11) is 0. The van der Waals surface area contributed by atoms with Gasteiger partial charge >= 0.3 is 5.97 Å². The third kappa shape index (κ3) is 6.30. The number of aryl methyl sites for hydroxylation is 2. The zero-order valence-electron chi connectivity index (χ0n) is 21.6. The van der Waals surface area contributed by atoms with E-state index in [0.717, 1.165) is 36.8 Å². The Hall–Kier alpha value is -2.97. The second-order valence-corrected chi connectivity index (χ2v) is 11.2. The number of nitrogens with two attached hydrogens (primary N) is 1. The number of aliphatic imine (C=N–C) groups is 1. The van der Waals surface area contributed by atoms with Crippen molar-refractivity contribution >= 4 is 29.4 Å². The van der Waals surface area contributed by atoms with Gasteiger partial charge in [-0.05, 0) is 69.6 Å². The van der Waals surface area contributed by atoms with Gasteiger partial charge in [0, 0.05) is 35.8 Å². The summed E-state index contributed by atoms with van der Waals surface area (Å²) in [4.78, 5) is 25.6. The van der Waals surface area contributed by atoms with Crippen molar-refractivity contribution < 1.29 is 19.7 Å².